The number of phenolic OH excluding ortho intramolecular Hbond substituents is 1. The molecule has 0 saturated carbocycles. The molecule has 5 nitrogen and oxygen atoms in total. The standard InChI is InChI=1S/C24H18Cl2N4OS/c25-15-6-11-20(18(26)14-15)29-13-3-5-21(29)23-22(19-4-1-2-12-27-19)28-24(32)30(23)16-7-9-17(31)10-8-16/h1-14,22-23,31H,(H,28,32)/t22-,23-/m1/s1. The van der Waals surface area contributed by atoms with Crippen molar-refractivity contribution in [3.8, 4) is 11.4 Å². The summed E-state index contributed by atoms with van der Waals surface area (Å²) in [6.45, 7) is 0. The summed E-state index contributed by atoms with van der Waals surface area (Å²) in [7, 11) is 0. The maximum Gasteiger partial charge on any atom is 0.174 e. The van der Waals surface area contributed by atoms with Crippen molar-refractivity contribution in [1.29, 1.82) is 0 Å². The van der Waals surface area contributed by atoms with Gasteiger partial charge in [0.1, 0.15) is 11.8 Å². The van der Waals surface area contributed by atoms with Crippen molar-refractivity contribution in [3.63, 3.8) is 0 Å². The molecule has 0 radical (unpaired) electrons. The number of pyridine rings is 1. The monoisotopic (exact) mass is 480 g/mol. The molecule has 0 spiro atoms. The SMILES string of the molecule is Oc1ccc(N2C(=S)N[C@H](c3ccccn3)[C@H]2c2cccn2-c2ccc(Cl)cc2Cl)cc1. The lowest BCUT2D eigenvalue weighted by molar-refractivity contribution is 0.475. The highest BCUT2D eigenvalue weighted by Gasteiger charge is 2.42. The molecule has 0 bridgehead atoms. The van der Waals surface area contributed by atoms with Crippen LogP contribution >= 0.6 is 35.4 Å². The predicted molar refractivity (Wildman–Crippen MR) is 132 cm³/mol. The zero-order chi connectivity index (χ0) is 22.2. The van der Waals surface area contributed by atoms with Crippen molar-refractivity contribution in [1.82, 2.24) is 14.9 Å². The Hall–Kier alpha value is -3.06. The molecule has 2 atom stereocenters. The van der Waals surface area contributed by atoms with Gasteiger partial charge in [-0.2, -0.15) is 0 Å². The third-order valence-electron chi connectivity index (χ3n) is 5.48. The predicted octanol–water partition coefficient (Wildman–Crippen LogP) is 6.06. The average Bonchev–Trinajstić information content (AvgIpc) is 3.39. The van der Waals surface area contributed by atoms with Gasteiger partial charge in [0, 0.05) is 28.8 Å². The molecule has 1 aliphatic rings. The van der Waals surface area contributed by atoms with Gasteiger partial charge in [-0.15, -0.1) is 0 Å². The van der Waals surface area contributed by atoms with Crippen molar-refractivity contribution in [2.45, 2.75) is 12.1 Å². The summed E-state index contributed by atoms with van der Waals surface area (Å²) < 4.78 is 2.04. The van der Waals surface area contributed by atoms with E-state index in [9.17, 15) is 5.11 Å². The number of aromatic nitrogens is 2. The quantitative estimate of drug-likeness (QED) is 0.347. The lowest BCUT2D eigenvalue weighted by atomic mass is 10.0. The van der Waals surface area contributed by atoms with Gasteiger partial charge >= 0.3 is 0 Å². The molecule has 1 saturated heterocycles. The van der Waals surface area contributed by atoms with E-state index in [1.807, 2.05) is 64.2 Å². The molecule has 2 N–H and O–H groups in total. The van der Waals surface area contributed by atoms with Crippen molar-refractivity contribution < 1.29 is 5.11 Å². The van der Waals surface area contributed by atoms with E-state index in [-0.39, 0.29) is 17.8 Å². The average molecular weight is 481 g/mol. The number of thiocarbonyl (C=S) groups is 1. The third kappa shape index (κ3) is 3.71. The van der Waals surface area contributed by atoms with Gasteiger partial charge in [0.25, 0.3) is 0 Å². The van der Waals surface area contributed by atoms with Gasteiger partial charge < -0.3 is 19.9 Å². The van der Waals surface area contributed by atoms with Crippen molar-refractivity contribution in [2.24, 2.45) is 0 Å². The molecule has 32 heavy (non-hydrogen) atoms. The Kier molecular flexibility index (Phi) is 5.51. The minimum Gasteiger partial charge on any atom is -0.508 e. The van der Waals surface area contributed by atoms with Crippen LogP contribution in [-0.2, 0) is 0 Å². The first-order valence-corrected chi connectivity index (χ1v) is 11.1. The highest BCUT2D eigenvalue weighted by Crippen LogP contribution is 2.43. The van der Waals surface area contributed by atoms with E-state index in [2.05, 4.69) is 16.4 Å². The molecule has 1 fully saturated rings. The number of halogens is 2. The van der Waals surface area contributed by atoms with E-state index in [1.165, 1.54) is 0 Å². The molecule has 4 aromatic rings. The van der Waals surface area contributed by atoms with E-state index < -0.39 is 0 Å². The summed E-state index contributed by atoms with van der Waals surface area (Å²) in [4.78, 5) is 6.63. The number of hydrogen-bond donors (Lipinski definition) is 2. The van der Waals surface area contributed by atoms with Crippen LogP contribution in [-0.4, -0.2) is 19.8 Å². The Balaban J connectivity index is 1.68. The number of aromatic hydroxyl groups is 1. The Morgan fingerprint density at radius 1 is 0.969 bits per heavy atom. The fourth-order valence-corrected chi connectivity index (χ4v) is 4.92. The zero-order valence-corrected chi connectivity index (χ0v) is 19.0. The van der Waals surface area contributed by atoms with Crippen LogP contribution < -0.4 is 10.2 Å². The number of hydrogen-bond acceptors (Lipinski definition) is 3. The normalized spacial score (nSPS) is 18.1. The highest BCUT2D eigenvalue weighted by atomic mass is 35.5. The minimum absolute atomic E-state index is 0.195. The summed E-state index contributed by atoms with van der Waals surface area (Å²) in [6.07, 6.45) is 3.74. The van der Waals surface area contributed by atoms with Crippen LogP contribution in [0.15, 0.2) is 85.2 Å². The number of benzene rings is 2. The Morgan fingerprint density at radius 3 is 2.50 bits per heavy atom. The Bertz CT molecular complexity index is 1280. The maximum absolute atomic E-state index is 9.78. The van der Waals surface area contributed by atoms with Gasteiger partial charge in [0.05, 0.1) is 22.4 Å². The van der Waals surface area contributed by atoms with E-state index in [0.29, 0.717) is 15.2 Å². The van der Waals surface area contributed by atoms with Crippen molar-refractivity contribution >= 4 is 46.2 Å². The second kappa shape index (κ2) is 8.47. The minimum atomic E-state index is -0.219. The third-order valence-corrected chi connectivity index (χ3v) is 6.33. The van der Waals surface area contributed by atoms with E-state index in [4.69, 9.17) is 35.4 Å². The Morgan fingerprint density at radius 2 is 1.78 bits per heavy atom. The molecule has 3 heterocycles. The second-order valence-electron chi connectivity index (χ2n) is 7.41. The van der Waals surface area contributed by atoms with Gasteiger partial charge in [-0.3, -0.25) is 4.98 Å². The zero-order valence-electron chi connectivity index (χ0n) is 16.7. The molecule has 8 heteroatoms. The van der Waals surface area contributed by atoms with Gasteiger partial charge in [0.2, 0.25) is 0 Å². The van der Waals surface area contributed by atoms with E-state index in [1.54, 1.807) is 24.4 Å². The highest BCUT2D eigenvalue weighted by molar-refractivity contribution is 7.80. The van der Waals surface area contributed by atoms with Crippen LogP contribution in [0.1, 0.15) is 23.5 Å². The van der Waals surface area contributed by atoms with Crippen molar-refractivity contribution in [3.05, 3.63) is 107 Å². The summed E-state index contributed by atoms with van der Waals surface area (Å²) in [5.74, 6) is 0.195. The molecular formula is C24H18Cl2N4OS. The van der Waals surface area contributed by atoms with E-state index >= 15 is 0 Å². The second-order valence-corrected chi connectivity index (χ2v) is 8.64. The van der Waals surface area contributed by atoms with Gasteiger partial charge in [0.15, 0.2) is 5.11 Å². The summed E-state index contributed by atoms with van der Waals surface area (Å²) in [5, 5.41) is 14.9. The molecule has 2 aromatic heterocycles. The van der Waals surface area contributed by atoms with Crippen LogP contribution in [0.4, 0.5) is 5.69 Å². The molecule has 5 rings (SSSR count). The lowest BCUT2D eigenvalue weighted by Gasteiger charge is -2.29. The molecule has 0 amide bonds. The van der Waals surface area contributed by atoms with Gasteiger partial charge in [-0.05, 0) is 78.9 Å². The fourth-order valence-electron chi connectivity index (χ4n) is 4.08. The maximum atomic E-state index is 9.78. The number of nitrogens with zero attached hydrogens (tertiary/aromatic N) is 3. The van der Waals surface area contributed by atoms with Crippen LogP contribution in [0.5, 0.6) is 5.75 Å². The van der Waals surface area contributed by atoms with Gasteiger partial charge in [-0.1, -0.05) is 29.3 Å². The Labute approximate surface area is 200 Å². The number of nitrogens with one attached hydrogen (secondary N) is 1. The molecular weight excluding hydrogens is 463 g/mol. The van der Waals surface area contributed by atoms with Crippen LogP contribution in [0.3, 0.4) is 0 Å². The summed E-state index contributed by atoms with van der Waals surface area (Å²) in [5.41, 5.74) is 3.53. The summed E-state index contributed by atoms with van der Waals surface area (Å²) in [6, 6.07) is 21.9. The van der Waals surface area contributed by atoms with Crippen LogP contribution in [0, 0.1) is 0 Å². The first-order valence-electron chi connectivity index (χ1n) is 9.95. The van der Waals surface area contributed by atoms with Gasteiger partial charge in [-0.25, -0.2) is 0 Å². The smallest absolute Gasteiger partial charge is 0.174 e. The number of phenols is 1. The summed E-state index contributed by atoms with van der Waals surface area (Å²) >= 11 is 18.4. The lowest BCUT2D eigenvalue weighted by Crippen LogP contribution is -2.30. The largest absolute Gasteiger partial charge is 0.508 e. The number of rotatable bonds is 4. The first kappa shape index (κ1) is 20.8. The molecule has 0 aliphatic carbocycles. The van der Waals surface area contributed by atoms with Crippen LogP contribution in [0.2, 0.25) is 10.0 Å². The number of anilines is 1. The first-order chi connectivity index (χ1) is 15.5. The van der Waals surface area contributed by atoms with E-state index in [0.717, 1.165) is 22.8 Å². The topological polar surface area (TPSA) is 53.3 Å². The molecule has 2 aromatic carbocycles. The molecule has 1 aliphatic heterocycles. The molecule has 0 unspecified atom stereocenters. The van der Waals surface area contributed by atoms with Crippen molar-refractivity contribution in [2.75, 3.05) is 4.90 Å². The molecule has 160 valence electrons. The van der Waals surface area contributed by atoms with Crippen LogP contribution in [0.25, 0.3) is 5.69 Å². The fraction of sp³-hybridized carbons (Fsp3) is 0.0833.